The number of ether oxygens (including phenoxy) is 3. The fourth-order valence-corrected chi connectivity index (χ4v) is 3.53. The van der Waals surface area contributed by atoms with Gasteiger partial charge in [-0.3, -0.25) is 4.79 Å². The molecule has 1 aromatic carbocycles. The summed E-state index contributed by atoms with van der Waals surface area (Å²) in [5, 5.41) is 9.71. The van der Waals surface area contributed by atoms with E-state index >= 15 is 0 Å². The van der Waals surface area contributed by atoms with E-state index in [-0.39, 0.29) is 17.0 Å². The minimum Gasteiger partial charge on any atom is -0.493 e. The van der Waals surface area contributed by atoms with Crippen LogP contribution in [0, 0.1) is 11.3 Å². The maximum absolute atomic E-state index is 13.2. The van der Waals surface area contributed by atoms with E-state index in [0.29, 0.717) is 28.4 Å². The number of hydrogen-bond acceptors (Lipinski definition) is 6. The van der Waals surface area contributed by atoms with Crippen molar-refractivity contribution in [1.29, 1.82) is 5.26 Å². The van der Waals surface area contributed by atoms with Gasteiger partial charge in [0.1, 0.15) is 17.4 Å². The smallest absolute Gasteiger partial charge is 0.258 e. The number of allylic oxidation sites excluding steroid dienone is 1. The standard InChI is InChI=1S/C21H23N3O4/c1-5-6-13-10-17-19(21(25)24(13)2)18(14(11-22)20(23)28-17)12-7-8-15(26-3)16(9-12)27-4/h7-10,18H,5-6,23H2,1-4H3. The molecular formula is C21H23N3O4. The second kappa shape index (κ2) is 7.69. The van der Waals surface area contributed by atoms with Crippen molar-refractivity contribution in [2.45, 2.75) is 25.7 Å². The monoisotopic (exact) mass is 381 g/mol. The van der Waals surface area contributed by atoms with Gasteiger partial charge in [0.05, 0.1) is 25.7 Å². The van der Waals surface area contributed by atoms with Crippen LogP contribution in [0.1, 0.15) is 36.1 Å². The quantitative estimate of drug-likeness (QED) is 0.854. The lowest BCUT2D eigenvalue weighted by Crippen LogP contribution is -2.32. The van der Waals surface area contributed by atoms with Gasteiger partial charge in [0.2, 0.25) is 5.88 Å². The lowest BCUT2D eigenvalue weighted by Gasteiger charge is -2.27. The lowest BCUT2D eigenvalue weighted by molar-refractivity contribution is 0.354. The Balaban J connectivity index is 2.28. The Kier molecular flexibility index (Phi) is 5.32. The maximum Gasteiger partial charge on any atom is 0.258 e. The minimum absolute atomic E-state index is 0.00508. The van der Waals surface area contributed by atoms with Gasteiger partial charge in [-0.05, 0) is 24.1 Å². The number of fused-ring (bicyclic) bond motifs is 1. The van der Waals surface area contributed by atoms with E-state index in [9.17, 15) is 10.1 Å². The zero-order chi connectivity index (χ0) is 20.4. The number of hydrogen-bond donors (Lipinski definition) is 1. The van der Waals surface area contributed by atoms with Gasteiger partial charge in [-0.15, -0.1) is 0 Å². The molecule has 2 N–H and O–H groups in total. The molecule has 0 aliphatic carbocycles. The molecule has 0 radical (unpaired) electrons. The molecule has 28 heavy (non-hydrogen) atoms. The van der Waals surface area contributed by atoms with Crippen molar-refractivity contribution in [2.24, 2.45) is 12.8 Å². The predicted octanol–water partition coefficient (Wildman–Crippen LogP) is 2.57. The molecule has 1 aliphatic heterocycles. The van der Waals surface area contributed by atoms with Crippen LogP contribution in [0.3, 0.4) is 0 Å². The van der Waals surface area contributed by atoms with Crippen molar-refractivity contribution in [3.63, 3.8) is 0 Å². The summed E-state index contributed by atoms with van der Waals surface area (Å²) < 4.78 is 18.0. The molecule has 146 valence electrons. The number of rotatable bonds is 5. The number of benzene rings is 1. The maximum atomic E-state index is 13.2. The van der Waals surface area contributed by atoms with E-state index < -0.39 is 5.92 Å². The van der Waals surface area contributed by atoms with Crippen LogP contribution in [0.15, 0.2) is 40.5 Å². The second-order valence-corrected chi connectivity index (χ2v) is 6.57. The molecule has 0 saturated heterocycles. The number of pyridine rings is 1. The first-order valence-electron chi connectivity index (χ1n) is 8.99. The van der Waals surface area contributed by atoms with E-state index in [0.717, 1.165) is 18.5 Å². The molecule has 0 fully saturated rings. The summed E-state index contributed by atoms with van der Waals surface area (Å²) in [6.07, 6.45) is 1.62. The summed E-state index contributed by atoms with van der Waals surface area (Å²) in [6.45, 7) is 2.04. The number of nitriles is 1. The van der Waals surface area contributed by atoms with Crippen molar-refractivity contribution in [1.82, 2.24) is 4.57 Å². The number of nitrogens with two attached hydrogens (primary N) is 1. The van der Waals surface area contributed by atoms with Gasteiger partial charge in [0.15, 0.2) is 11.5 Å². The fourth-order valence-electron chi connectivity index (χ4n) is 3.53. The van der Waals surface area contributed by atoms with Gasteiger partial charge >= 0.3 is 0 Å². The first kappa shape index (κ1) is 19.4. The fraction of sp³-hybridized carbons (Fsp3) is 0.333. The van der Waals surface area contributed by atoms with Gasteiger partial charge in [0.25, 0.3) is 5.56 Å². The van der Waals surface area contributed by atoms with Crippen LogP contribution in [0.2, 0.25) is 0 Å². The van der Waals surface area contributed by atoms with Crippen LogP contribution in [0.25, 0.3) is 0 Å². The third-order valence-corrected chi connectivity index (χ3v) is 4.96. The Labute approximate surface area is 163 Å². The molecule has 1 unspecified atom stereocenters. The van der Waals surface area contributed by atoms with Gasteiger partial charge in [0, 0.05) is 18.8 Å². The molecule has 1 aromatic heterocycles. The van der Waals surface area contributed by atoms with Crippen LogP contribution in [0.4, 0.5) is 0 Å². The lowest BCUT2D eigenvalue weighted by atomic mass is 9.83. The molecule has 0 amide bonds. The van der Waals surface area contributed by atoms with Crippen molar-refractivity contribution >= 4 is 0 Å². The van der Waals surface area contributed by atoms with E-state index in [4.69, 9.17) is 19.9 Å². The van der Waals surface area contributed by atoms with Crippen molar-refractivity contribution in [2.75, 3.05) is 14.2 Å². The Morgan fingerprint density at radius 1 is 1.25 bits per heavy atom. The van der Waals surface area contributed by atoms with E-state index in [2.05, 4.69) is 6.07 Å². The molecule has 0 bridgehead atoms. The van der Waals surface area contributed by atoms with E-state index in [1.165, 1.54) is 7.11 Å². The SMILES string of the molecule is CCCc1cc2c(c(=O)n1C)C(c1ccc(OC)c(OC)c1)C(C#N)=C(N)O2. The largest absolute Gasteiger partial charge is 0.493 e. The normalized spacial score (nSPS) is 15.5. The summed E-state index contributed by atoms with van der Waals surface area (Å²) in [5.41, 5.74) is 7.97. The highest BCUT2D eigenvalue weighted by Crippen LogP contribution is 2.42. The summed E-state index contributed by atoms with van der Waals surface area (Å²) in [7, 11) is 4.81. The topological polar surface area (TPSA) is 99.5 Å². The minimum atomic E-state index is -0.650. The number of aryl methyl sites for hydroxylation is 1. The van der Waals surface area contributed by atoms with Crippen LogP contribution < -0.4 is 25.5 Å². The molecule has 2 heterocycles. The van der Waals surface area contributed by atoms with Gasteiger partial charge < -0.3 is 24.5 Å². The molecule has 7 heteroatoms. The molecule has 2 aromatic rings. The molecule has 7 nitrogen and oxygen atoms in total. The van der Waals surface area contributed by atoms with Crippen LogP contribution in [0.5, 0.6) is 17.2 Å². The number of methoxy groups -OCH3 is 2. The van der Waals surface area contributed by atoms with Gasteiger partial charge in [-0.25, -0.2) is 0 Å². The average Bonchev–Trinajstić information content (AvgIpc) is 2.70. The second-order valence-electron chi connectivity index (χ2n) is 6.57. The van der Waals surface area contributed by atoms with Crippen molar-refractivity contribution in [3.8, 4) is 23.3 Å². The molecule has 1 aliphatic rings. The van der Waals surface area contributed by atoms with Crippen LogP contribution >= 0.6 is 0 Å². The van der Waals surface area contributed by atoms with Crippen molar-refractivity contribution in [3.05, 3.63) is 62.9 Å². The Morgan fingerprint density at radius 2 is 1.96 bits per heavy atom. The first-order chi connectivity index (χ1) is 13.5. The highest BCUT2D eigenvalue weighted by atomic mass is 16.5. The predicted molar refractivity (Wildman–Crippen MR) is 105 cm³/mol. The molecule has 0 spiro atoms. The van der Waals surface area contributed by atoms with Gasteiger partial charge in [-0.1, -0.05) is 19.4 Å². The molecule has 3 rings (SSSR count). The van der Waals surface area contributed by atoms with Crippen molar-refractivity contribution < 1.29 is 14.2 Å². The highest BCUT2D eigenvalue weighted by Gasteiger charge is 2.34. The molecule has 1 atom stereocenters. The third kappa shape index (κ3) is 3.07. The summed E-state index contributed by atoms with van der Waals surface area (Å²) in [5.74, 6) is 0.805. The van der Waals surface area contributed by atoms with E-state index in [1.54, 1.807) is 36.9 Å². The van der Waals surface area contributed by atoms with Crippen LogP contribution in [-0.2, 0) is 13.5 Å². The zero-order valence-corrected chi connectivity index (χ0v) is 16.4. The molecule has 0 saturated carbocycles. The highest BCUT2D eigenvalue weighted by molar-refractivity contribution is 5.57. The molecular weight excluding hydrogens is 358 g/mol. The summed E-state index contributed by atoms with van der Waals surface area (Å²) in [4.78, 5) is 13.2. The third-order valence-electron chi connectivity index (χ3n) is 4.96. The van der Waals surface area contributed by atoms with Crippen LogP contribution in [-0.4, -0.2) is 18.8 Å². The zero-order valence-electron chi connectivity index (χ0n) is 16.4. The van der Waals surface area contributed by atoms with Gasteiger partial charge in [-0.2, -0.15) is 5.26 Å². The average molecular weight is 381 g/mol. The Bertz CT molecular complexity index is 1050. The number of aromatic nitrogens is 1. The summed E-state index contributed by atoms with van der Waals surface area (Å²) in [6, 6.07) is 9.22. The Hall–Kier alpha value is -3.40. The Morgan fingerprint density at radius 3 is 2.57 bits per heavy atom. The van der Waals surface area contributed by atoms with E-state index in [1.807, 2.05) is 13.0 Å². The first-order valence-corrected chi connectivity index (χ1v) is 8.99. The summed E-state index contributed by atoms with van der Waals surface area (Å²) >= 11 is 0. The number of nitrogens with zero attached hydrogens (tertiary/aromatic N) is 2.